The average molecular weight is 520 g/mol. The van der Waals surface area contributed by atoms with Crippen LogP contribution in [0.4, 0.5) is 21.9 Å². The van der Waals surface area contributed by atoms with E-state index >= 15 is 0 Å². The molecule has 9 heteroatoms. The number of carbonyl (C=O) groups excluding carboxylic acids is 1. The smallest absolute Gasteiger partial charge is 0.326 e. The number of para-hydroxylation sites is 1. The van der Waals surface area contributed by atoms with Crippen molar-refractivity contribution in [3.05, 3.63) is 77.9 Å². The van der Waals surface area contributed by atoms with E-state index in [9.17, 15) is 13.6 Å². The van der Waals surface area contributed by atoms with Crippen LogP contribution in [0.1, 0.15) is 49.7 Å². The molecule has 3 aromatic carbocycles. The fourth-order valence-corrected chi connectivity index (χ4v) is 5.26. The number of nitrogens with one attached hydrogen (secondary N) is 3. The van der Waals surface area contributed by atoms with Crippen molar-refractivity contribution in [1.82, 2.24) is 0 Å². The first-order chi connectivity index (χ1) is 17.8. The van der Waals surface area contributed by atoms with Gasteiger partial charge in [-0.3, -0.25) is 19.6 Å². The van der Waals surface area contributed by atoms with E-state index in [1.807, 2.05) is 54.3 Å². The molecule has 0 spiro atoms. The Balaban J connectivity index is 1.63. The minimum Gasteiger partial charge on any atom is -0.384 e. The number of nitrogens with two attached hydrogens (primary N) is 1. The maximum absolute atomic E-state index is 13.7. The molecule has 4 rings (SSSR count). The highest BCUT2D eigenvalue weighted by molar-refractivity contribution is 7.80. The first-order valence-electron chi connectivity index (χ1n) is 12.5. The van der Waals surface area contributed by atoms with E-state index in [0.29, 0.717) is 16.9 Å². The summed E-state index contributed by atoms with van der Waals surface area (Å²) in [5.41, 5.74) is 10.8. The summed E-state index contributed by atoms with van der Waals surface area (Å²) in [5.74, 6) is -0.0330. The van der Waals surface area contributed by atoms with Gasteiger partial charge in [0.25, 0.3) is 11.3 Å². The Morgan fingerprint density at radius 1 is 1.00 bits per heavy atom. The van der Waals surface area contributed by atoms with Gasteiger partial charge in [0.1, 0.15) is 5.84 Å². The minimum absolute atomic E-state index is 0.0330. The third-order valence-corrected chi connectivity index (χ3v) is 7.14. The maximum Gasteiger partial charge on any atom is 0.326 e. The second-order valence-electron chi connectivity index (χ2n) is 9.34. The molecule has 1 unspecified atom stereocenters. The number of anilines is 3. The predicted octanol–water partition coefficient (Wildman–Crippen LogP) is 6.26. The number of aryl methyl sites for hydroxylation is 1. The summed E-state index contributed by atoms with van der Waals surface area (Å²) in [5, 5.41) is 10.9. The largest absolute Gasteiger partial charge is 0.384 e. The number of urea groups is 1. The van der Waals surface area contributed by atoms with Crippen LogP contribution >= 0.6 is 0 Å². The minimum atomic E-state index is -2.18. The Morgan fingerprint density at radius 3 is 2.41 bits per heavy atom. The molecule has 1 fully saturated rings. The summed E-state index contributed by atoms with van der Waals surface area (Å²) >= 11 is -2.18. The average Bonchev–Trinajstić information content (AvgIpc) is 3.15. The molecule has 0 bridgehead atoms. The van der Waals surface area contributed by atoms with E-state index in [4.69, 9.17) is 11.1 Å². The molecule has 1 saturated carbocycles. The van der Waals surface area contributed by atoms with Crippen molar-refractivity contribution in [3.63, 3.8) is 0 Å². The molecule has 2 amide bonds. The number of amides is 2. The third-order valence-electron chi connectivity index (χ3n) is 6.75. The van der Waals surface area contributed by atoms with Crippen LogP contribution in [0, 0.1) is 12.3 Å². The Morgan fingerprint density at radius 2 is 1.73 bits per heavy atom. The van der Waals surface area contributed by atoms with E-state index in [0.717, 1.165) is 48.1 Å². The van der Waals surface area contributed by atoms with Crippen molar-refractivity contribution in [1.29, 1.82) is 5.41 Å². The molecule has 8 nitrogen and oxygen atoms in total. The summed E-state index contributed by atoms with van der Waals surface area (Å²) < 4.78 is 23.2. The van der Waals surface area contributed by atoms with Crippen LogP contribution in [0.3, 0.4) is 0 Å². The zero-order valence-electron chi connectivity index (χ0n) is 20.9. The summed E-state index contributed by atoms with van der Waals surface area (Å²) in [7, 11) is 0. The maximum atomic E-state index is 13.7. The van der Waals surface area contributed by atoms with Gasteiger partial charge in [0, 0.05) is 28.5 Å². The summed E-state index contributed by atoms with van der Waals surface area (Å²) in [6.45, 7) is 1.92. The lowest BCUT2D eigenvalue weighted by Gasteiger charge is -2.32. The quantitative estimate of drug-likeness (QED) is 0.109. The summed E-state index contributed by atoms with van der Waals surface area (Å²) in [4.78, 5) is 15.6. The van der Waals surface area contributed by atoms with Crippen LogP contribution in [0.25, 0.3) is 11.1 Å². The van der Waals surface area contributed by atoms with Crippen molar-refractivity contribution >= 4 is 40.2 Å². The van der Waals surface area contributed by atoms with Crippen molar-refractivity contribution in [2.45, 2.75) is 51.5 Å². The highest BCUT2D eigenvalue weighted by Crippen LogP contribution is 2.32. The molecule has 3 aromatic rings. The molecule has 1 aliphatic rings. The number of nitrogen functional groups attached to an aromatic ring is 1. The molecular weight excluding hydrogens is 486 g/mol. The summed E-state index contributed by atoms with van der Waals surface area (Å²) in [6.07, 6.45) is 6.32. The molecule has 1 aliphatic carbocycles. The van der Waals surface area contributed by atoms with Crippen LogP contribution in [0.15, 0.2) is 66.7 Å². The highest BCUT2D eigenvalue weighted by atomic mass is 32.2. The SMILES string of the molecule is Cc1cc(-c2ccccc2NS(=O)O)ccc1NC(=O)N(c1cccc(C(=N)N)c1)C1CCCCCC1. The molecular formula is C28H33N5O3S. The number of rotatable bonds is 7. The number of hydrogen-bond donors (Lipinski definition) is 5. The Bertz CT molecular complexity index is 1300. The normalized spacial score (nSPS) is 14.9. The lowest BCUT2D eigenvalue weighted by atomic mass is 10.0. The van der Waals surface area contributed by atoms with Crippen LogP contribution in [-0.2, 0) is 11.3 Å². The second kappa shape index (κ2) is 12.0. The molecule has 6 N–H and O–H groups in total. The molecule has 0 saturated heterocycles. The van der Waals surface area contributed by atoms with Crippen molar-refractivity contribution in [2.75, 3.05) is 14.9 Å². The first-order valence-corrected chi connectivity index (χ1v) is 13.6. The van der Waals surface area contributed by atoms with Gasteiger partial charge in [-0.15, -0.1) is 0 Å². The topological polar surface area (TPSA) is 132 Å². The monoisotopic (exact) mass is 519 g/mol. The molecule has 37 heavy (non-hydrogen) atoms. The zero-order chi connectivity index (χ0) is 26.4. The van der Waals surface area contributed by atoms with E-state index in [1.54, 1.807) is 24.3 Å². The van der Waals surface area contributed by atoms with E-state index in [-0.39, 0.29) is 17.9 Å². The third kappa shape index (κ3) is 6.55. The van der Waals surface area contributed by atoms with Gasteiger partial charge in [0.05, 0.1) is 5.69 Å². The lowest BCUT2D eigenvalue weighted by Crippen LogP contribution is -2.43. The fourth-order valence-electron chi connectivity index (χ4n) is 4.90. The molecule has 1 atom stereocenters. The molecule has 0 aromatic heterocycles. The van der Waals surface area contributed by atoms with E-state index in [2.05, 4.69) is 10.0 Å². The highest BCUT2D eigenvalue weighted by Gasteiger charge is 2.27. The Labute approximate surface area is 220 Å². The lowest BCUT2D eigenvalue weighted by molar-refractivity contribution is 0.254. The van der Waals surface area contributed by atoms with Crippen molar-refractivity contribution in [3.8, 4) is 11.1 Å². The van der Waals surface area contributed by atoms with Gasteiger partial charge >= 0.3 is 6.03 Å². The number of nitrogens with zero attached hydrogens (tertiary/aromatic N) is 1. The van der Waals surface area contributed by atoms with Gasteiger partial charge in [0.2, 0.25) is 0 Å². The number of amidine groups is 1. The first kappa shape index (κ1) is 26.4. The fraction of sp³-hybridized carbons (Fsp3) is 0.286. The second-order valence-corrected chi connectivity index (χ2v) is 10.0. The molecule has 0 radical (unpaired) electrons. The van der Waals surface area contributed by atoms with E-state index in [1.165, 1.54) is 12.8 Å². The van der Waals surface area contributed by atoms with E-state index < -0.39 is 11.3 Å². The van der Waals surface area contributed by atoms with Crippen LogP contribution in [-0.4, -0.2) is 26.7 Å². The van der Waals surface area contributed by atoms with Crippen LogP contribution in [0.5, 0.6) is 0 Å². The van der Waals surface area contributed by atoms with Crippen LogP contribution < -0.4 is 20.7 Å². The van der Waals surface area contributed by atoms with Crippen molar-refractivity contribution < 1.29 is 13.6 Å². The van der Waals surface area contributed by atoms with Crippen LogP contribution in [0.2, 0.25) is 0 Å². The van der Waals surface area contributed by atoms with Gasteiger partial charge in [-0.25, -0.2) is 9.00 Å². The predicted molar refractivity (Wildman–Crippen MR) is 151 cm³/mol. The number of hydrogen-bond acceptors (Lipinski definition) is 3. The van der Waals surface area contributed by atoms with Gasteiger partial charge in [-0.05, 0) is 61.2 Å². The molecule has 0 aliphatic heterocycles. The van der Waals surface area contributed by atoms with Gasteiger partial charge in [-0.2, -0.15) is 0 Å². The molecule has 194 valence electrons. The van der Waals surface area contributed by atoms with Gasteiger partial charge in [-0.1, -0.05) is 62.1 Å². The van der Waals surface area contributed by atoms with Gasteiger partial charge < -0.3 is 11.1 Å². The standard InChI is InChI=1S/C28H33N5O3S/c1-19-17-20(24-13-6-7-14-26(24)32-37(35)36)15-16-25(19)31-28(34)33(22-10-4-2-3-5-11-22)23-12-8-9-21(18-23)27(29)30/h6-9,12-18,22,32H,2-5,10-11H2,1H3,(H3,29,30)(H,31,34)(H,35,36). The Hall–Kier alpha value is -3.69. The summed E-state index contributed by atoms with van der Waals surface area (Å²) in [6, 6.07) is 20.1. The van der Waals surface area contributed by atoms with Gasteiger partial charge in [0.15, 0.2) is 0 Å². The molecule has 0 heterocycles. The zero-order valence-corrected chi connectivity index (χ0v) is 21.7. The number of carbonyl (C=O) groups is 1. The Kier molecular flexibility index (Phi) is 8.58. The van der Waals surface area contributed by atoms with Crippen molar-refractivity contribution in [2.24, 2.45) is 5.73 Å². The number of benzene rings is 3.